The first kappa shape index (κ1) is 36.4. The average Bonchev–Trinajstić information content (AvgIpc) is 3.20. The van der Waals surface area contributed by atoms with Crippen LogP contribution in [0.1, 0.15) is 33.8 Å². The smallest absolute Gasteiger partial charge is 0.275 e. The molecular weight excluding hydrogens is 688 g/mol. The largest absolute Gasteiger partial charge is 0.314 e. The van der Waals surface area contributed by atoms with Crippen LogP contribution in [-0.4, -0.2) is 119 Å². The van der Waals surface area contributed by atoms with Gasteiger partial charge >= 0.3 is 0 Å². The molecule has 16 heteroatoms. The Kier molecular flexibility index (Phi) is 11.6. The first-order chi connectivity index (χ1) is 26.4. The fraction of sp³-hybridized carbons (Fsp3) is 0.316. The van der Waals surface area contributed by atoms with Gasteiger partial charge in [-0.2, -0.15) is 0 Å². The number of benzene rings is 1. The molecule has 1 aromatic carbocycles. The maximum absolute atomic E-state index is 13.4. The summed E-state index contributed by atoms with van der Waals surface area (Å²) in [7, 11) is 0. The molecule has 0 spiro atoms. The summed E-state index contributed by atoms with van der Waals surface area (Å²) in [5.41, 5.74) is 1.12. The summed E-state index contributed by atoms with van der Waals surface area (Å²) in [5, 5.41) is 19.2. The molecular formula is C38H42N12O4. The Morgan fingerprint density at radius 2 is 0.870 bits per heavy atom. The number of rotatable bonds is 12. The summed E-state index contributed by atoms with van der Waals surface area (Å²) >= 11 is 0. The maximum Gasteiger partial charge on any atom is 0.275 e. The van der Waals surface area contributed by atoms with E-state index in [-0.39, 0.29) is 34.8 Å². The van der Waals surface area contributed by atoms with Crippen molar-refractivity contribution in [3.63, 3.8) is 0 Å². The number of nitrogens with one attached hydrogen (secondary N) is 6. The molecule has 2 aliphatic rings. The minimum Gasteiger partial charge on any atom is -0.314 e. The summed E-state index contributed by atoms with van der Waals surface area (Å²) in [6.07, 6.45) is 0.679. The van der Waals surface area contributed by atoms with Crippen molar-refractivity contribution in [3.8, 4) is 0 Å². The van der Waals surface area contributed by atoms with E-state index in [1.807, 2.05) is 12.1 Å². The summed E-state index contributed by atoms with van der Waals surface area (Å²) in [5.74, 6) is -0.137. The lowest BCUT2D eigenvalue weighted by Gasteiger charge is -2.26. The number of aromatic nitrogens is 4. The first-order valence-corrected chi connectivity index (χ1v) is 18.1. The van der Waals surface area contributed by atoms with Crippen molar-refractivity contribution >= 4 is 68.7 Å². The molecule has 5 aromatic rings. The van der Waals surface area contributed by atoms with Crippen LogP contribution in [0.15, 0.2) is 72.8 Å². The molecule has 2 fully saturated rings. The minimum absolute atomic E-state index is 0.120. The molecule has 0 radical (unpaired) electrons. The molecule has 0 atom stereocenters. The molecule has 6 heterocycles. The molecule has 2 aliphatic heterocycles. The van der Waals surface area contributed by atoms with Gasteiger partial charge in [-0.3, -0.25) is 19.2 Å². The van der Waals surface area contributed by atoms with E-state index < -0.39 is 11.8 Å². The summed E-state index contributed by atoms with van der Waals surface area (Å²) < 4.78 is 0. The van der Waals surface area contributed by atoms with E-state index in [1.165, 1.54) is 0 Å². The number of amides is 4. The Hall–Kier alpha value is -5.94. The predicted molar refractivity (Wildman–Crippen MR) is 207 cm³/mol. The highest BCUT2D eigenvalue weighted by atomic mass is 16.2. The lowest BCUT2D eigenvalue weighted by Crippen LogP contribution is -2.44. The normalized spacial score (nSPS) is 15.1. The third-order valence-electron chi connectivity index (χ3n) is 9.23. The highest BCUT2D eigenvalue weighted by Crippen LogP contribution is 2.24. The Morgan fingerprint density at radius 1 is 0.500 bits per heavy atom. The van der Waals surface area contributed by atoms with Crippen molar-refractivity contribution in [2.45, 2.75) is 12.8 Å². The van der Waals surface area contributed by atoms with E-state index in [0.29, 0.717) is 48.6 Å². The minimum atomic E-state index is -0.501. The third kappa shape index (κ3) is 9.53. The second kappa shape index (κ2) is 17.3. The molecule has 0 aliphatic carbocycles. The van der Waals surface area contributed by atoms with Gasteiger partial charge in [-0.1, -0.05) is 36.4 Å². The van der Waals surface area contributed by atoms with Crippen molar-refractivity contribution in [3.05, 3.63) is 84.2 Å². The van der Waals surface area contributed by atoms with Crippen LogP contribution in [0.25, 0.3) is 21.8 Å². The molecule has 6 N–H and O–H groups in total. The zero-order chi connectivity index (χ0) is 37.3. The first-order valence-electron chi connectivity index (χ1n) is 18.1. The van der Waals surface area contributed by atoms with Gasteiger partial charge < -0.3 is 41.7 Å². The van der Waals surface area contributed by atoms with Crippen LogP contribution in [0.2, 0.25) is 0 Å². The standard InChI is InChI=1S/C38H42N12O4/c51-33(13-19-49-21-15-39-16-22-49)45-29-3-1-5-31(43-29)47-37(53)27-11-9-25-7-8-26-10-12-28(42-36(26)35(25)41-27)38(54)48-32-6-2-4-30(44-32)46-34(52)14-20-50-23-17-40-18-24-50/h1-12,39-40H,13-24H2,(H2,43,45,47,51,53)(H2,44,46,48,52,54). The summed E-state index contributed by atoms with van der Waals surface area (Å²) in [6.45, 7) is 8.62. The second-order valence-corrected chi connectivity index (χ2v) is 13.1. The van der Waals surface area contributed by atoms with Crippen molar-refractivity contribution in [1.29, 1.82) is 0 Å². The molecule has 4 aromatic heterocycles. The van der Waals surface area contributed by atoms with Crippen LogP contribution >= 0.6 is 0 Å². The summed E-state index contributed by atoms with van der Waals surface area (Å²) in [6, 6.07) is 20.5. The maximum atomic E-state index is 13.4. The van der Waals surface area contributed by atoms with E-state index in [9.17, 15) is 19.2 Å². The number of pyridine rings is 4. The topological polar surface area (TPSA) is 198 Å². The molecule has 0 unspecified atom stereocenters. The molecule has 0 saturated carbocycles. The fourth-order valence-corrected chi connectivity index (χ4v) is 6.33. The molecule has 0 bridgehead atoms. The molecule has 7 rings (SSSR count). The fourth-order valence-electron chi connectivity index (χ4n) is 6.33. The van der Waals surface area contributed by atoms with Gasteiger partial charge in [-0.15, -0.1) is 0 Å². The molecule has 2 saturated heterocycles. The van der Waals surface area contributed by atoms with Crippen LogP contribution in [0, 0.1) is 0 Å². The van der Waals surface area contributed by atoms with Gasteiger partial charge in [0, 0.05) is 89.1 Å². The van der Waals surface area contributed by atoms with Gasteiger partial charge in [0.1, 0.15) is 34.7 Å². The molecule has 16 nitrogen and oxygen atoms in total. The van der Waals surface area contributed by atoms with Crippen LogP contribution in [0.4, 0.5) is 23.3 Å². The Bertz CT molecular complexity index is 2020. The lowest BCUT2D eigenvalue weighted by molar-refractivity contribution is -0.117. The SMILES string of the molecule is O=C(CCN1CCNCC1)Nc1cccc(NC(=O)c2ccc3ccc4ccc(C(=O)Nc5cccc(NC(=O)CCN6CCNCC6)n5)nc4c3n2)n1. The highest BCUT2D eigenvalue weighted by molar-refractivity contribution is 6.09. The summed E-state index contributed by atoms with van der Waals surface area (Å²) in [4.78, 5) is 74.4. The number of hydrogen-bond donors (Lipinski definition) is 6. The van der Waals surface area contributed by atoms with Crippen LogP contribution in [-0.2, 0) is 9.59 Å². The number of carbonyl (C=O) groups excluding carboxylic acids is 4. The van der Waals surface area contributed by atoms with E-state index in [4.69, 9.17) is 0 Å². The quantitative estimate of drug-likeness (QED) is 0.103. The number of nitrogens with zero attached hydrogens (tertiary/aromatic N) is 6. The number of piperazine rings is 2. The number of anilines is 4. The van der Waals surface area contributed by atoms with Crippen LogP contribution in [0.5, 0.6) is 0 Å². The zero-order valence-corrected chi connectivity index (χ0v) is 29.7. The van der Waals surface area contributed by atoms with E-state index >= 15 is 0 Å². The second-order valence-electron chi connectivity index (χ2n) is 13.1. The van der Waals surface area contributed by atoms with Crippen molar-refractivity contribution in [2.24, 2.45) is 0 Å². The Labute approximate surface area is 311 Å². The lowest BCUT2D eigenvalue weighted by atomic mass is 10.1. The van der Waals surface area contributed by atoms with Gasteiger partial charge in [0.05, 0.1) is 11.0 Å². The Morgan fingerprint density at radius 3 is 1.28 bits per heavy atom. The molecule has 4 amide bonds. The Balaban J connectivity index is 0.997. The van der Waals surface area contributed by atoms with E-state index in [0.717, 1.165) is 63.1 Å². The van der Waals surface area contributed by atoms with Crippen molar-refractivity contribution < 1.29 is 19.2 Å². The predicted octanol–water partition coefficient (Wildman–Crippen LogP) is 2.55. The van der Waals surface area contributed by atoms with Crippen LogP contribution in [0.3, 0.4) is 0 Å². The van der Waals surface area contributed by atoms with Gasteiger partial charge in [-0.05, 0) is 36.4 Å². The number of fused-ring (bicyclic) bond motifs is 3. The monoisotopic (exact) mass is 730 g/mol. The van der Waals surface area contributed by atoms with Gasteiger partial charge in [0.15, 0.2) is 0 Å². The van der Waals surface area contributed by atoms with Gasteiger partial charge in [0.25, 0.3) is 11.8 Å². The zero-order valence-electron chi connectivity index (χ0n) is 29.7. The average molecular weight is 731 g/mol. The van der Waals surface area contributed by atoms with E-state index in [2.05, 4.69) is 61.6 Å². The highest BCUT2D eigenvalue weighted by Gasteiger charge is 2.17. The van der Waals surface area contributed by atoms with Gasteiger partial charge in [-0.25, -0.2) is 19.9 Å². The van der Waals surface area contributed by atoms with Gasteiger partial charge in [0.2, 0.25) is 11.8 Å². The third-order valence-corrected chi connectivity index (χ3v) is 9.23. The van der Waals surface area contributed by atoms with Crippen molar-refractivity contribution in [2.75, 3.05) is 86.7 Å². The van der Waals surface area contributed by atoms with E-state index in [1.54, 1.807) is 60.7 Å². The molecule has 278 valence electrons. The molecule has 54 heavy (non-hydrogen) atoms. The number of hydrogen-bond acceptors (Lipinski definition) is 12. The van der Waals surface area contributed by atoms with Crippen LogP contribution < -0.4 is 31.9 Å². The number of carbonyl (C=O) groups is 4. The van der Waals surface area contributed by atoms with Crippen molar-refractivity contribution in [1.82, 2.24) is 40.4 Å².